The van der Waals surface area contributed by atoms with Crippen molar-refractivity contribution in [2.75, 3.05) is 0 Å². The summed E-state index contributed by atoms with van der Waals surface area (Å²) >= 11 is 0. The van der Waals surface area contributed by atoms with Crippen molar-refractivity contribution < 1.29 is 14.4 Å². The second-order valence-electron chi connectivity index (χ2n) is 7.30. The van der Waals surface area contributed by atoms with Gasteiger partial charge >= 0.3 is 0 Å². The van der Waals surface area contributed by atoms with Crippen molar-refractivity contribution in [3.05, 3.63) is 0 Å². The summed E-state index contributed by atoms with van der Waals surface area (Å²) in [6, 6.07) is 0. The Morgan fingerprint density at radius 2 is 0.680 bits per heavy atom. The highest BCUT2D eigenvalue weighted by atomic mass is 16.1. The lowest BCUT2D eigenvalue weighted by molar-refractivity contribution is -0.120. The largest absolute Gasteiger partial charge is 0.300 e. The normalized spacial score (nSPS) is 10.8. The summed E-state index contributed by atoms with van der Waals surface area (Å²) in [5.41, 5.74) is 0. The maximum absolute atomic E-state index is 11.8. The highest BCUT2D eigenvalue weighted by molar-refractivity contribution is 5.79. The molecule has 0 rings (SSSR count). The van der Waals surface area contributed by atoms with Crippen LogP contribution in [0.2, 0.25) is 0 Å². The molecule has 3 nitrogen and oxygen atoms in total. The van der Waals surface area contributed by atoms with Crippen molar-refractivity contribution >= 4 is 17.3 Å². The number of rotatable bonds is 19. The summed E-state index contributed by atoms with van der Waals surface area (Å²) in [6.07, 6.45) is 15.2. The Labute approximate surface area is 155 Å². The van der Waals surface area contributed by atoms with Gasteiger partial charge in [-0.2, -0.15) is 0 Å². The minimum Gasteiger partial charge on any atom is -0.300 e. The molecule has 0 aromatic heterocycles. The van der Waals surface area contributed by atoms with E-state index in [1.54, 1.807) is 0 Å². The van der Waals surface area contributed by atoms with E-state index in [9.17, 15) is 14.4 Å². The zero-order valence-corrected chi connectivity index (χ0v) is 16.7. The van der Waals surface area contributed by atoms with Crippen LogP contribution < -0.4 is 0 Å². The van der Waals surface area contributed by atoms with Crippen molar-refractivity contribution in [2.45, 2.75) is 123 Å². The van der Waals surface area contributed by atoms with E-state index in [4.69, 9.17) is 0 Å². The molecule has 0 unspecified atom stereocenters. The lowest BCUT2D eigenvalue weighted by Crippen LogP contribution is -2.00. The molecule has 0 aliphatic rings. The number of carbonyl (C=O) groups is 3. The zero-order valence-electron chi connectivity index (χ0n) is 16.7. The number of carbonyl (C=O) groups excluding carboxylic acids is 3. The Kier molecular flexibility index (Phi) is 17.1. The van der Waals surface area contributed by atoms with Gasteiger partial charge in [-0.3, -0.25) is 14.4 Å². The first-order chi connectivity index (χ1) is 12.1. The average molecular weight is 353 g/mol. The lowest BCUT2D eigenvalue weighted by atomic mass is 10.0. The summed E-state index contributed by atoms with van der Waals surface area (Å²) in [4.78, 5) is 35.0. The van der Waals surface area contributed by atoms with Gasteiger partial charge in [0.2, 0.25) is 0 Å². The number of Topliss-reactive ketones (excluding diaryl/α,β-unsaturated/α-hetero) is 3. The zero-order chi connectivity index (χ0) is 18.8. The second-order valence-corrected chi connectivity index (χ2v) is 7.30. The van der Waals surface area contributed by atoms with E-state index < -0.39 is 0 Å². The summed E-state index contributed by atoms with van der Waals surface area (Å²) in [6.45, 7) is 4.25. The van der Waals surface area contributed by atoms with Crippen LogP contribution in [0.4, 0.5) is 0 Å². The first kappa shape index (κ1) is 24.0. The Balaban J connectivity index is 3.38. The minimum atomic E-state index is 0.339. The SMILES string of the molecule is CCCCCC(=O)CCCCCC(=O)CCCCCC(=O)CCCC. The van der Waals surface area contributed by atoms with Crippen molar-refractivity contribution in [1.29, 1.82) is 0 Å². The standard InChI is InChI=1S/C22H40O3/c1-3-5-9-15-21(24)17-11-8-13-19-22(25)18-12-7-10-16-20(23)14-6-4-2/h3-19H2,1-2H3. The van der Waals surface area contributed by atoms with E-state index in [1.807, 2.05) is 0 Å². The van der Waals surface area contributed by atoms with E-state index in [-0.39, 0.29) is 0 Å². The number of unbranched alkanes of at least 4 members (excludes halogenated alkanes) is 7. The van der Waals surface area contributed by atoms with Crippen molar-refractivity contribution in [2.24, 2.45) is 0 Å². The molecule has 0 aliphatic heterocycles. The van der Waals surface area contributed by atoms with Gasteiger partial charge in [0, 0.05) is 38.5 Å². The van der Waals surface area contributed by atoms with Gasteiger partial charge in [-0.1, -0.05) is 46.0 Å². The molecule has 0 bridgehead atoms. The molecule has 0 aliphatic carbocycles. The van der Waals surface area contributed by atoms with Crippen LogP contribution in [-0.2, 0) is 14.4 Å². The third kappa shape index (κ3) is 17.6. The van der Waals surface area contributed by atoms with Crippen LogP contribution in [-0.4, -0.2) is 17.3 Å². The first-order valence-corrected chi connectivity index (χ1v) is 10.6. The van der Waals surface area contributed by atoms with Gasteiger partial charge in [0.25, 0.3) is 0 Å². The molecule has 0 saturated carbocycles. The number of hydrogen-bond donors (Lipinski definition) is 0. The number of hydrogen-bond acceptors (Lipinski definition) is 3. The van der Waals surface area contributed by atoms with Gasteiger partial charge in [0.1, 0.15) is 17.3 Å². The lowest BCUT2D eigenvalue weighted by Gasteiger charge is -2.03. The molecule has 0 aromatic rings. The fourth-order valence-electron chi connectivity index (χ4n) is 2.96. The molecule has 3 heteroatoms. The minimum absolute atomic E-state index is 0.339. The van der Waals surface area contributed by atoms with Gasteiger partial charge in [-0.25, -0.2) is 0 Å². The third-order valence-electron chi connectivity index (χ3n) is 4.69. The van der Waals surface area contributed by atoms with Gasteiger partial charge in [-0.15, -0.1) is 0 Å². The third-order valence-corrected chi connectivity index (χ3v) is 4.69. The predicted octanol–water partition coefficient (Wildman–Crippen LogP) is 6.37. The Morgan fingerprint density at radius 1 is 0.400 bits per heavy atom. The molecule has 0 saturated heterocycles. The van der Waals surface area contributed by atoms with Crippen LogP contribution in [0, 0.1) is 0 Å². The molecular weight excluding hydrogens is 312 g/mol. The molecule has 0 N–H and O–H groups in total. The van der Waals surface area contributed by atoms with Crippen LogP contribution in [0.25, 0.3) is 0 Å². The molecule has 0 fully saturated rings. The Hall–Kier alpha value is -0.990. The highest BCUT2D eigenvalue weighted by Crippen LogP contribution is 2.11. The highest BCUT2D eigenvalue weighted by Gasteiger charge is 2.05. The fourth-order valence-corrected chi connectivity index (χ4v) is 2.96. The van der Waals surface area contributed by atoms with E-state index in [2.05, 4.69) is 13.8 Å². The molecule has 0 heterocycles. The molecule has 0 atom stereocenters. The number of ketones is 3. The van der Waals surface area contributed by atoms with Gasteiger partial charge in [0.15, 0.2) is 0 Å². The van der Waals surface area contributed by atoms with Crippen molar-refractivity contribution in [1.82, 2.24) is 0 Å². The molecule has 25 heavy (non-hydrogen) atoms. The van der Waals surface area contributed by atoms with Gasteiger partial charge < -0.3 is 0 Å². The van der Waals surface area contributed by atoms with E-state index in [1.165, 1.54) is 0 Å². The van der Waals surface area contributed by atoms with Gasteiger partial charge in [-0.05, 0) is 38.5 Å². The first-order valence-electron chi connectivity index (χ1n) is 10.6. The Bertz CT molecular complexity index is 360. The van der Waals surface area contributed by atoms with Crippen molar-refractivity contribution in [3.63, 3.8) is 0 Å². The monoisotopic (exact) mass is 352 g/mol. The topological polar surface area (TPSA) is 51.2 Å². The summed E-state index contributed by atoms with van der Waals surface area (Å²) < 4.78 is 0. The molecule has 0 radical (unpaired) electrons. The van der Waals surface area contributed by atoms with Crippen LogP contribution in [0.3, 0.4) is 0 Å². The molecule has 146 valence electrons. The van der Waals surface area contributed by atoms with Crippen LogP contribution in [0.1, 0.15) is 123 Å². The summed E-state index contributed by atoms with van der Waals surface area (Å²) in [5, 5.41) is 0. The molecule has 0 spiro atoms. The maximum atomic E-state index is 11.8. The van der Waals surface area contributed by atoms with E-state index in [0.29, 0.717) is 43.0 Å². The summed E-state index contributed by atoms with van der Waals surface area (Å²) in [7, 11) is 0. The Morgan fingerprint density at radius 3 is 1.00 bits per heavy atom. The quantitative estimate of drug-likeness (QED) is 0.254. The second kappa shape index (κ2) is 17.8. The van der Waals surface area contributed by atoms with E-state index >= 15 is 0 Å². The van der Waals surface area contributed by atoms with Gasteiger partial charge in [0.05, 0.1) is 0 Å². The smallest absolute Gasteiger partial charge is 0.132 e. The predicted molar refractivity (Wildman–Crippen MR) is 105 cm³/mol. The average Bonchev–Trinajstić information content (AvgIpc) is 2.59. The molecule has 0 aromatic carbocycles. The van der Waals surface area contributed by atoms with Crippen molar-refractivity contribution in [3.8, 4) is 0 Å². The fraction of sp³-hybridized carbons (Fsp3) is 0.864. The summed E-state index contributed by atoms with van der Waals surface area (Å²) in [5.74, 6) is 1.09. The van der Waals surface area contributed by atoms with E-state index in [0.717, 1.165) is 83.5 Å². The van der Waals surface area contributed by atoms with Crippen LogP contribution in [0.15, 0.2) is 0 Å². The van der Waals surface area contributed by atoms with Crippen LogP contribution in [0.5, 0.6) is 0 Å². The van der Waals surface area contributed by atoms with Crippen LogP contribution >= 0.6 is 0 Å². The molecule has 0 amide bonds. The molecular formula is C22H40O3. The maximum Gasteiger partial charge on any atom is 0.132 e.